The zero-order chi connectivity index (χ0) is 15.5. The van der Waals surface area contributed by atoms with E-state index in [0.29, 0.717) is 17.5 Å². The van der Waals surface area contributed by atoms with Crippen molar-refractivity contribution in [2.45, 2.75) is 33.2 Å². The first-order valence-electron chi connectivity index (χ1n) is 7.22. The summed E-state index contributed by atoms with van der Waals surface area (Å²) in [6.45, 7) is 6.12. The minimum atomic E-state index is -0.0983. The van der Waals surface area contributed by atoms with Crippen LogP contribution in [0.5, 0.6) is 5.75 Å². The van der Waals surface area contributed by atoms with Gasteiger partial charge < -0.3 is 15.4 Å². The molecule has 1 aliphatic rings. The summed E-state index contributed by atoms with van der Waals surface area (Å²) in [6, 6.07) is 6.25. The van der Waals surface area contributed by atoms with Crippen LogP contribution in [0.2, 0.25) is 0 Å². The first kappa shape index (κ1) is 16.0. The molecule has 1 unspecified atom stereocenters. The van der Waals surface area contributed by atoms with Crippen LogP contribution >= 0.6 is 11.8 Å². The Labute approximate surface area is 131 Å². The topological polar surface area (TPSA) is 50.4 Å². The summed E-state index contributed by atoms with van der Waals surface area (Å²) in [6.07, 6.45) is 1.22. The fourth-order valence-electron chi connectivity index (χ4n) is 2.45. The Morgan fingerprint density at radius 3 is 2.81 bits per heavy atom. The van der Waals surface area contributed by atoms with Crippen molar-refractivity contribution in [1.29, 1.82) is 0 Å². The predicted molar refractivity (Wildman–Crippen MR) is 90.4 cm³/mol. The highest BCUT2D eigenvalue weighted by Crippen LogP contribution is 2.37. The Morgan fingerprint density at radius 1 is 1.43 bits per heavy atom. The van der Waals surface area contributed by atoms with Gasteiger partial charge in [-0.1, -0.05) is 13.8 Å². The molecule has 0 saturated carbocycles. The van der Waals surface area contributed by atoms with Crippen molar-refractivity contribution in [1.82, 2.24) is 0 Å². The molecule has 2 rings (SSSR count). The van der Waals surface area contributed by atoms with Crippen molar-refractivity contribution >= 4 is 29.0 Å². The summed E-state index contributed by atoms with van der Waals surface area (Å²) in [5, 5.41) is 6.39. The van der Waals surface area contributed by atoms with Crippen LogP contribution in [0.4, 0.5) is 11.4 Å². The molecule has 4 nitrogen and oxygen atoms in total. The van der Waals surface area contributed by atoms with Crippen molar-refractivity contribution in [3.63, 3.8) is 0 Å². The third kappa shape index (κ3) is 4.06. The SMILES string of the molecule is COc1cc(NC2CSCCC2(C)C)ccc1NC(C)=O. The van der Waals surface area contributed by atoms with E-state index in [1.54, 1.807) is 7.11 Å². The third-order valence-corrected chi connectivity index (χ3v) is 5.03. The van der Waals surface area contributed by atoms with Gasteiger partial charge in [0.05, 0.1) is 12.8 Å². The second kappa shape index (κ2) is 6.60. The Kier molecular flexibility index (Phi) is 5.04. The number of carbonyl (C=O) groups excluding carboxylic acids is 1. The second-order valence-electron chi connectivity index (χ2n) is 6.11. The lowest BCUT2D eigenvalue weighted by Gasteiger charge is -2.39. The van der Waals surface area contributed by atoms with Crippen LogP contribution in [0.3, 0.4) is 0 Å². The quantitative estimate of drug-likeness (QED) is 0.892. The van der Waals surface area contributed by atoms with E-state index >= 15 is 0 Å². The first-order valence-corrected chi connectivity index (χ1v) is 8.38. The van der Waals surface area contributed by atoms with Crippen molar-refractivity contribution < 1.29 is 9.53 Å². The van der Waals surface area contributed by atoms with Crippen LogP contribution in [0.25, 0.3) is 0 Å². The van der Waals surface area contributed by atoms with Gasteiger partial charge in [-0.25, -0.2) is 0 Å². The van der Waals surface area contributed by atoms with E-state index < -0.39 is 0 Å². The van der Waals surface area contributed by atoms with Crippen LogP contribution in [0.15, 0.2) is 18.2 Å². The molecule has 0 aliphatic carbocycles. The molecule has 0 radical (unpaired) electrons. The van der Waals surface area contributed by atoms with Crippen molar-refractivity contribution in [3.05, 3.63) is 18.2 Å². The van der Waals surface area contributed by atoms with E-state index in [4.69, 9.17) is 4.74 Å². The van der Waals surface area contributed by atoms with Crippen LogP contribution in [-0.2, 0) is 4.79 Å². The van der Waals surface area contributed by atoms with E-state index in [1.807, 2.05) is 30.0 Å². The van der Waals surface area contributed by atoms with Gasteiger partial charge >= 0.3 is 0 Å². The number of amides is 1. The number of nitrogens with one attached hydrogen (secondary N) is 2. The summed E-state index contributed by atoms with van der Waals surface area (Å²) in [4.78, 5) is 11.2. The Balaban J connectivity index is 2.15. The maximum Gasteiger partial charge on any atom is 0.221 e. The zero-order valence-electron chi connectivity index (χ0n) is 13.2. The van der Waals surface area contributed by atoms with E-state index in [1.165, 1.54) is 19.1 Å². The van der Waals surface area contributed by atoms with Crippen LogP contribution in [0.1, 0.15) is 27.2 Å². The lowest BCUT2D eigenvalue weighted by Crippen LogP contribution is -2.41. The molecule has 1 fully saturated rings. The number of methoxy groups -OCH3 is 1. The van der Waals surface area contributed by atoms with Crippen molar-refractivity contribution in [2.75, 3.05) is 29.2 Å². The van der Waals surface area contributed by atoms with Gasteiger partial charge in [0, 0.05) is 30.5 Å². The van der Waals surface area contributed by atoms with Gasteiger partial charge in [-0.15, -0.1) is 0 Å². The molecule has 1 atom stereocenters. The van der Waals surface area contributed by atoms with Crippen molar-refractivity contribution in [3.8, 4) is 5.75 Å². The minimum Gasteiger partial charge on any atom is -0.494 e. The lowest BCUT2D eigenvalue weighted by atomic mass is 9.82. The number of thioether (sulfide) groups is 1. The normalized spacial score (nSPS) is 20.7. The van der Waals surface area contributed by atoms with Gasteiger partial charge in [-0.05, 0) is 29.7 Å². The molecule has 1 heterocycles. The highest BCUT2D eigenvalue weighted by molar-refractivity contribution is 7.99. The van der Waals surface area contributed by atoms with Gasteiger partial charge in [0.25, 0.3) is 0 Å². The molecule has 1 aromatic carbocycles. The second-order valence-corrected chi connectivity index (χ2v) is 7.26. The molecule has 2 N–H and O–H groups in total. The Hall–Kier alpha value is -1.36. The molecule has 0 aromatic heterocycles. The van der Waals surface area contributed by atoms with Gasteiger partial charge in [-0.2, -0.15) is 11.8 Å². The highest BCUT2D eigenvalue weighted by atomic mass is 32.2. The number of hydrogen-bond acceptors (Lipinski definition) is 4. The van der Waals surface area contributed by atoms with Gasteiger partial charge in [0.1, 0.15) is 5.75 Å². The summed E-state index contributed by atoms with van der Waals surface area (Å²) in [5.41, 5.74) is 2.02. The molecule has 1 amide bonds. The molecule has 0 bridgehead atoms. The van der Waals surface area contributed by atoms with E-state index in [9.17, 15) is 4.79 Å². The predicted octanol–water partition coefficient (Wildman–Crippen LogP) is 3.60. The summed E-state index contributed by atoms with van der Waals surface area (Å²) < 4.78 is 5.37. The molecular formula is C16H24N2O2S. The lowest BCUT2D eigenvalue weighted by molar-refractivity contribution is -0.114. The first-order chi connectivity index (χ1) is 9.92. The van der Waals surface area contributed by atoms with Crippen LogP contribution < -0.4 is 15.4 Å². The number of ether oxygens (including phenoxy) is 1. The summed E-state index contributed by atoms with van der Waals surface area (Å²) >= 11 is 2.00. The standard InChI is InChI=1S/C16H24N2O2S/c1-11(19)17-13-6-5-12(9-14(13)20-4)18-15-10-21-8-7-16(15,2)3/h5-6,9,15,18H,7-8,10H2,1-4H3,(H,17,19). The molecule has 116 valence electrons. The van der Waals surface area contributed by atoms with Gasteiger partial charge in [0.2, 0.25) is 5.91 Å². The Morgan fingerprint density at radius 2 is 2.19 bits per heavy atom. The van der Waals surface area contributed by atoms with E-state index in [0.717, 1.165) is 11.4 Å². The fraction of sp³-hybridized carbons (Fsp3) is 0.562. The van der Waals surface area contributed by atoms with E-state index in [2.05, 4.69) is 24.5 Å². The number of carbonyl (C=O) groups is 1. The average molecular weight is 308 g/mol. The molecule has 5 heteroatoms. The monoisotopic (exact) mass is 308 g/mol. The highest BCUT2D eigenvalue weighted by Gasteiger charge is 2.32. The number of benzene rings is 1. The largest absolute Gasteiger partial charge is 0.494 e. The molecule has 21 heavy (non-hydrogen) atoms. The smallest absolute Gasteiger partial charge is 0.221 e. The van der Waals surface area contributed by atoms with E-state index in [-0.39, 0.29) is 11.3 Å². The maximum absolute atomic E-state index is 11.2. The fourth-order valence-corrected chi connectivity index (χ4v) is 4.06. The minimum absolute atomic E-state index is 0.0983. The van der Waals surface area contributed by atoms with Gasteiger partial charge in [0.15, 0.2) is 0 Å². The van der Waals surface area contributed by atoms with Crippen LogP contribution in [-0.4, -0.2) is 30.6 Å². The molecule has 1 aliphatic heterocycles. The molecule has 1 aromatic rings. The number of hydrogen-bond donors (Lipinski definition) is 2. The van der Waals surface area contributed by atoms with Gasteiger partial charge in [-0.3, -0.25) is 4.79 Å². The third-order valence-electron chi connectivity index (χ3n) is 3.97. The van der Waals surface area contributed by atoms with Crippen LogP contribution in [0, 0.1) is 5.41 Å². The molecule has 0 spiro atoms. The zero-order valence-corrected chi connectivity index (χ0v) is 14.0. The molecular weight excluding hydrogens is 284 g/mol. The maximum atomic E-state index is 11.2. The van der Waals surface area contributed by atoms with Crippen molar-refractivity contribution in [2.24, 2.45) is 5.41 Å². The number of rotatable bonds is 4. The Bertz CT molecular complexity index is 517. The summed E-state index contributed by atoms with van der Waals surface area (Å²) in [7, 11) is 1.62. The summed E-state index contributed by atoms with van der Waals surface area (Å²) in [5.74, 6) is 2.92. The number of anilines is 2. The molecule has 1 saturated heterocycles. The average Bonchev–Trinajstić information content (AvgIpc) is 2.42.